The fourth-order valence-corrected chi connectivity index (χ4v) is 3.38. The summed E-state index contributed by atoms with van der Waals surface area (Å²) in [6.07, 6.45) is 1.47. The highest BCUT2D eigenvalue weighted by Crippen LogP contribution is 2.07. The summed E-state index contributed by atoms with van der Waals surface area (Å²) in [7, 11) is 1.79. The van der Waals surface area contributed by atoms with E-state index in [2.05, 4.69) is 25.8 Å². The van der Waals surface area contributed by atoms with Crippen LogP contribution in [0, 0.1) is 0 Å². The summed E-state index contributed by atoms with van der Waals surface area (Å²) in [5.41, 5.74) is 0. The molecule has 2 aliphatic rings. The fourth-order valence-electron chi connectivity index (χ4n) is 2.40. The van der Waals surface area contributed by atoms with Crippen LogP contribution in [-0.4, -0.2) is 74.1 Å². The van der Waals surface area contributed by atoms with Crippen molar-refractivity contribution in [3.8, 4) is 0 Å². The molecule has 2 rings (SSSR count). The van der Waals surface area contributed by atoms with Crippen molar-refractivity contribution in [1.29, 1.82) is 0 Å². The number of nitrogens with zero attached hydrogens (tertiary/aromatic N) is 2. The van der Waals surface area contributed by atoms with Gasteiger partial charge in [0, 0.05) is 63.7 Å². The van der Waals surface area contributed by atoms with Crippen LogP contribution in [0.25, 0.3) is 0 Å². The van der Waals surface area contributed by atoms with Crippen molar-refractivity contribution in [3.05, 3.63) is 0 Å². The van der Waals surface area contributed by atoms with Crippen LogP contribution in [0.15, 0.2) is 4.99 Å². The third-order valence-corrected chi connectivity index (χ3v) is 4.60. The maximum atomic E-state index is 11.1. The van der Waals surface area contributed by atoms with Crippen LogP contribution in [0.4, 0.5) is 0 Å². The average Bonchev–Trinajstić information content (AvgIpc) is 2.49. The third-order valence-electron chi connectivity index (χ3n) is 3.65. The van der Waals surface area contributed by atoms with Gasteiger partial charge in [0.1, 0.15) is 0 Å². The van der Waals surface area contributed by atoms with Gasteiger partial charge in [0.2, 0.25) is 5.91 Å². The minimum absolute atomic E-state index is 0. The lowest BCUT2D eigenvalue weighted by Crippen LogP contribution is -2.52. The van der Waals surface area contributed by atoms with E-state index < -0.39 is 0 Å². The molecule has 21 heavy (non-hydrogen) atoms. The van der Waals surface area contributed by atoms with Crippen molar-refractivity contribution < 1.29 is 4.79 Å². The molecule has 0 aromatic heterocycles. The Hall–Kier alpha value is -0.220. The molecule has 2 heterocycles. The zero-order valence-corrected chi connectivity index (χ0v) is 15.7. The lowest BCUT2D eigenvalue weighted by molar-refractivity contribution is -0.122. The van der Waals surface area contributed by atoms with Crippen LogP contribution in [0.3, 0.4) is 0 Å². The molecule has 0 aromatic rings. The fraction of sp³-hybridized carbons (Fsp3) is 0.846. The number of halogens is 1. The van der Waals surface area contributed by atoms with Crippen LogP contribution in [0.5, 0.6) is 0 Å². The first kappa shape index (κ1) is 18.8. The van der Waals surface area contributed by atoms with E-state index in [0.29, 0.717) is 13.0 Å². The second kappa shape index (κ2) is 10.5. The summed E-state index contributed by atoms with van der Waals surface area (Å²) in [6.45, 7) is 5.02. The van der Waals surface area contributed by atoms with Crippen molar-refractivity contribution in [2.45, 2.75) is 18.9 Å². The Morgan fingerprint density at radius 3 is 2.86 bits per heavy atom. The second-order valence-electron chi connectivity index (χ2n) is 5.14. The Balaban J connectivity index is 0.00000220. The normalized spacial score (nSPS) is 24.0. The number of thioether (sulfide) groups is 1. The molecular weight excluding hydrogens is 401 g/mol. The summed E-state index contributed by atoms with van der Waals surface area (Å²) >= 11 is 2.03. The Morgan fingerprint density at radius 2 is 2.24 bits per heavy atom. The van der Waals surface area contributed by atoms with Crippen molar-refractivity contribution in [1.82, 2.24) is 20.9 Å². The number of carbonyl (C=O) groups is 1. The standard InChI is InChI=1S/C13H25N5OS.HI/c1-14-13(17-11-2-3-12(19)16-10-11)15-4-5-18-6-8-20-9-7-18;/h11H,2-10H2,1H3,(H,16,19)(H2,14,15,17);1H. The van der Waals surface area contributed by atoms with Gasteiger partial charge in [0.05, 0.1) is 0 Å². The van der Waals surface area contributed by atoms with Crippen LogP contribution >= 0.6 is 35.7 Å². The smallest absolute Gasteiger partial charge is 0.220 e. The van der Waals surface area contributed by atoms with Crippen LogP contribution in [0.1, 0.15) is 12.8 Å². The molecule has 0 radical (unpaired) electrons. The second-order valence-corrected chi connectivity index (χ2v) is 6.36. The molecule has 0 aliphatic carbocycles. The van der Waals surface area contributed by atoms with E-state index in [-0.39, 0.29) is 35.9 Å². The van der Waals surface area contributed by atoms with E-state index in [1.54, 1.807) is 7.05 Å². The van der Waals surface area contributed by atoms with E-state index in [1.807, 2.05) is 11.8 Å². The summed E-state index contributed by atoms with van der Waals surface area (Å²) in [4.78, 5) is 17.8. The first-order chi connectivity index (χ1) is 9.78. The predicted octanol–water partition coefficient (Wildman–Crippen LogP) is 0.0968. The van der Waals surface area contributed by atoms with Gasteiger partial charge in [-0.3, -0.25) is 14.7 Å². The van der Waals surface area contributed by atoms with Gasteiger partial charge < -0.3 is 16.0 Å². The molecule has 0 saturated carbocycles. The molecule has 6 nitrogen and oxygen atoms in total. The molecular formula is C13H26IN5OS. The number of hydrogen-bond acceptors (Lipinski definition) is 4. The van der Waals surface area contributed by atoms with Gasteiger partial charge in [-0.05, 0) is 6.42 Å². The Bertz CT molecular complexity index is 339. The minimum Gasteiger partial charge on any atom is -0.355 e. The monoisotopic (exact) mass is 427 g/mol. The largest absolute Gasteiger partial charge is 0.355 e. The highest BCUT2D eigenvalue weighted by Gasteiger charge is 2.18. The lowest BCUT2D eigenvalue weighted by Gasteiger charge is -2.28. The first-order valence-corrected chi connectivity index (χ1v) is 8.47. The van der Waals surface area contributed by atoms with Crippen LogP contribution in [-0.2, 0) is 4.79 Å². The molecule has 8 heteroatoms. The molecule has 0 spiro atoms. The van der Waals surface area contributed by atoms with Gasteiger partial charge >= 0.3 is 0 Å². The maximum absolute atomic E-state index is 11.1. The topological polar surface area (TPSA) is 68.8 Å². The predicted molar refractivity (Wildman–Crippen MR) is 99.7 cm³/mol. The average molecular weight is 427 g/mol. The number of hydrogen-bond donors (Lipinski definition) is 3. The van der Waals surface area contributed by atoms with Crippen molar-refractivity contribution in [2.75, 3.05) is 51.3 Å². The number of carbonyl (C=O) groups excluding carboxylic acids is 1. The Morgan fingerprint density at radius 1 is 1.48 bits per heavy atom. The first-order valence-electron chi connectivity index (χ1n) is 7.32. The number of rotatable bonds is 4. The maximum Gasteiger partial charge on any atom is 0.220 e. The minimum atomic E-state index is 0. The van der Waals surface area contributed by atoms with Gasteiger partial charge in [0.25, 0.3) is 0 Å². The quantitative estimate of drug-likeness (QED) is 0.337. The summed E-state index contributed by atoms with van der Waals surface area (Å²) in [5.74, 6) is 3.47. The zero-order valence-electron chi connectivity index (χ0n) is 12.6. The number of amides is 1. The van der Waals surface area contributed by atoms with Crippen molar-refractivity contribution in [2.24, 2.45) is 4.99 Å². The zero-order chi connectivity index (χ0) is 14.2. The van der Waals surface area contributed by atoms with Crippen LogP contribution in [0.2, 0.25) is 0 Å². The number of nitrogens with one attached hydrogen (secondary N) is 3. The molecule has 1 atom stereocenters. The van der Waals surface area contributed by atoms with Gasteiger partial charge in [0.15, 0.2) is 5.96 Å². The van der Waals surface area contributed by atoms with Gasteiger partial charge in [-0.1, -0.05) is 0 Å². The van der Waals surface area contributed by atoms with Crippen LogP contribution < -0.4 is 16.0 Å². The number of piperidine rings is 1. The van der Waals surface area contributed by atoms with Gasteiger partial charge in [-0.2, -0.15) is 11.8 Å². The molecule has 1 amide bonds. The summed E-state index contributed by atoms with van der Waals surface area (Å²) in [5, 5.41) is 9.59. The Kier molecular flexibility index (Phi) is 9.41. The molecule has 122 valence electrons. The lowest BCUT2D eigenvalue weighted by atomic mass is 10.1. The van der Waals surface area contributed by atoms with E-state index in [0.717, 1.165) is 25.5 Å². The Labute approximate surface area is 148 Å². The third kappa shape index (κ3) is 7.05. The highest BCUT2D eigenvalue weighted by atomic mass is 127. The summed E-state index contributed by atoms with van der Waals surface area (Å²) < 4.78 is 0. The van der Waals surface area contributed by atoms with Crippen molar-refractivity contribution in [3.63, 3.8) is 0 Å². The number of aliphatic imine (C=N–C) groups is 1. The molecule has 2 aliphatic heterocycles. The van der Waals surface area contributed by atoms with Gasteiger partial charge in [-0.25, -0.2) is 0 Å². The molecule has 0 aromatic carbocycles. The molecule has 1 unspecified atom stereocenters. The van der Waals surface area contributed by atoms with E-state index in [1.165, 1.54) is 24.6 Å². The van der Waals surface area contributed by atoms with Crippen molar-refractivity contribution >= 4 is 47.6 Å². The highest BCUT2D eigenvalue weighted by molar-refractivity contribution is 14.0. The molecule has 2 fully saturated rings. The number of guanidine groups is 1. The molecule has 2 saturated heterocycles. The van der Waals surface area contributed by atoms with E-state index >= 15 is 0 Å². The summed E-state index contributed by atoms with van der Waals surface area (Å²) in [6, 6.07) is 0.283. The SMILES string of the molecule is CN=C(NCCN1CCSCC1)NC1CCC(=O)NC1.I. The molecule has 3 N–H and O–H groups in total. The van der Waals surface area contributed by atoms with E-state index in [4.69, 9.17) is 0 Å². The van der Waals surface area contributed by atoms with E-state index in [9.17, 15) is 4.79 Å². The van der Waals surface area contributed by atoms with Gasteiger partial charge in [-0.15, -0.1) is 24.0 Å². The molecule has 0 bridgehead atoms.